The van der Waals surface area contributed by atoms with Crippen LogP contribution in [0.2, 0.25) is 0 Å². The van der Waals surface area contributed by atoms with Crippen LogP contribution in [0.1, 0.15) is 20.8 Å². The highest BCUT2D eigenvalue weighted by atomic mass is 19.1. The van der Waals surface area contributed by atoms with Gasteiger partial charge >= 0.3 is 0 Å². The van der Waals surface area contributed by atoms with E-state index in [4.69, 9.17) is 14.7 Å². The van der Waals surface area contributed by atoms with E-state index in [-0.39, 0.29) is 11.8 Å². The van der Waals surface area contributed by atoms with E-state index >= 15 is 0 Å². The number of carbonyl (C=O) groups is 1. The van der Waals surface area contributed by atoms with Crippen molar-refractivity contribution < 1.29 is 23.8 Å². The molecule has 0 spiro atoms. The Balaban J connectivity index is 2.52. The third kappa shape index (κ3) is 4.80. The zero-order valence-corrected chi connectivity index (χ0v) is 16.0. The predicted molar refractivity (Wildman–Crippen MR) is 104 cm³/mol. The van der Waals surface area contributed by atoms with E-state index in [0.717, 1.165) is 0 Å². The molecule has 146 valence electrons. The number of nitrogens with zero attached hydrogens (tertiary/aromatic N) is 1. The number of halogens is 1. The molecule has 2 rings (SSSR count). The second-order valence-corrected chi connectivity index (χ2v) is 6.25. The lowest BCUT2D eigenvalue weighted by atomic mass is 10.0. The summed E-state index contributed by atoms with van der Waals surface area (Å²) in [6, 6.07) is 11.2. The average Bonchev–Trinajstić information content (AvgIpc) is 2.64. The molecule has 0 saturated carbocycles. The topological polar surface area (TPSA) is 91.6 Å². The molecule has 0 atom stereocenters. The summed E-state index contributed by atoms with van der Waals surface area (Å²) in [5.74, 6) is -1.12. The van der Waals surface area contributed by atoms with Gasteiger partial charge in [0, 0.05) is 11.6 Å². The van der Waals surface area contributed by atoms with E-state index in [9.17, 15) is 14.3 Å². The highest BCUT2D eigenvalue weighted by Crippen LogP contribution is 2.36. The smallest absolute Gasteiger partial charge is 0.269 e. The predicted octanol–water partition coefficient (Wildman–Crippen LogP) is 4.58. The number of allylic oxidation sites excluding steroid dienone is 1. The van der Waals surface area contributed by atoms with Gasteiger partial charge in [-0.15, -0.1) is 0 Å². The molecule has 0 bridgehead atoms. The molecule has 0 saturated heterocycles. The van der Waals surface area contributed by atoms with Crippen molar-refractivity contribution in [2.45, 2.75) is 26.9 Å². The molecule has 2 aromatic carbocycles. The number of methoxy groups -OCH3 is 1. The Morgan fingerprint density at radius 1 is 1.29 bits per heavy atom. The van der Waals surface area contributed by atoms with Gasteiger partial charge in [0.1, 0.15) is 29.1 Å². The fourth-order valence-corrected chi connectivity index (χ4v) is 2.50. The van der Waals surface area contributed by atoms with Crippen LogP contribution in [0.3, 0.4) is 0 Å². The number of aliphatic hydroxyl groups is 1. The van der Waals surface area contributed by atoms with Gasteiger partial charge in [-0.25, -0.2) is 4.39 Å². The summed E-state index contributed by atoms with van der Waals surface area (Å²) in [5, 5.41) is 20.7. The van der Waals surface area contributed by atoms with E-state index in [2.05, 4.69) is 5.32 Å². The van der Waals surface area contributed by atoms with Crippen LogP contribution >= 0.6 is 0 Å². The van der Waals surface area contributed by atoms with Crippen molar-refractivity contribution in [1.82, 2.24) is 0 Å². The van der Waals surface area contributed by atoms with Crippen molar-refractivity contribution >= 4 is 11.6 Å². The molecule has 0 unspecified atom stereocenters. The number of nitriles is 1. The molecule has 0 fully saturated rings. The van der Waals surface area contributed by atoms with Gasteiger partial charge in [0.15, 0.2) is 5.57 Å². The van der Waals surface area contributed by atoms with E-state index < -0.39 is 23.1 Å². The second kappa shape index (κ2) is 8.91. The van der Waals surface area contributed by atoms with Gasteiger partial charge in [-0.1, -0.05) is 12.1 Å². The first-order chi connectivity index (χ1) is 13.3. The maximum atomic E-state index is 14.7. The Bertz CT molecular complexity index is 957. The lowest BCUT2D eigenvalue weighted by Crippen LogP contribution is -2.16. The minimum atomic E-state index is -0.911. The zero-order chi connectivity index (χ0) is 20.8. The second-order valence-electron chi connectivity index (χ2n) is 6.25. The molecular formula is C21H21FN2O4. The number of aliphatic hydroxyl groups excluding tert-OH is 1. The molecule has 0 aliphatic carbocycles. The van der Waals surface area contributed by atoms with Gasteiger partial charge in [0.05, 0.1) is 18.9 Å². The minimum Gasteiger partial charge on any atom is -0.511 e. The lowest BCUT2D eigenvalue weighted by Gasteiger charge is -2.17. The van der Waals surface area contributed by atoms with Crippen LogP contribution in [0.4, 0.5) is 10.1 Å². The molecule has 0 aliphatic rings. The van der Waals surface area contributed by atoms with Gasteiger partial charge in [-0.3, -0.25) is 4.79 Å². The molecule has 0 aliphatic heterocycles. The molecule has 0 aromatic heterocycles. The van der Waals surface area contributed by atoms with Crippen LogP contribution in [0, 0.1) is 17.1 Å². The van der Waals surface area contributed by atoms with Crippen molar-refractivity contribution in [2.24, 2.45) is 0 Å². The summed E-state index contributed by atoms with van der Waals surface area (Å²) in [6.45, 7) is 4.85. The standard InChI is InChI=1S/C21H21FN2O4/c1-12(2)28-20-10-19(24-21(26)17(11-23)13(3)25)18(22)9-16(20)14-6-5-7-15(8-14)27-4/h5-10,12,25H,1-4H3,(H,24,26)/b17-13-. The van der Waals surface area contributed by atoms with Gasteiger partial charge in [-0.2, -0.15) is 5.26 Å². The van der Waals surface area contributed by atoms with Crippen LogP contribution in [0.15, 0.2) is 47.7 Å². The molecule has 2 aromatic rings. The van der Waals surface area contributed by atoms with Crippen molar-refractivity contribution in [3.63, 3.8) is 0 Å². The third-order valence-electron chi connectivity index (χ3n) is 3.76. The number of ether oxygens (including phenoxy) is 2. The van der Waals surface area contributed by atoms with Crippen LogP contribution in [-0.4, -0.2) is 24.2 Å². The van der Waals surface area contributed by atoms with Crippen LogP contribution in [0.5, 0.6) is 11.5 Å². The third-order valence-corrected chi connectivity index (χ3v) is 3.76. The summed E-state index contributed by atoms with van der Waals surface area (Å²) < 4.78 is 25.7. The van der Waals surface area contributed by atoms with Crippen LogP contribution < -0.4 is 14.8 Å². The largest absolute Gasteiger partial charge is 0.511 e. The number of hydrogen-bond acceptors (Lipinski definition) is 5. The van der Waals surface area contributed by atoms with Crippen molar-refractivity contribution in [3.05, 3.63) is 53.5 Å². The number of benzene rings is 2. The molecule has 7 heteroatoms. The van der Waals surface area contributed by atoms with E-state index in [1.807, 2.05) is 13.8 Å². The van der Waals surface area contributed by atoms with Gasteiger partial charge < -0.3 is 19.9 Å². The molecule has 1 amide bonds. The number of hydrogen-bond donors (Lipinski definition) is 2. The highest BCUT2D eigenvalue weighted by Gasteiger charge is 2.19. The monoisotopic (exact) mass is 384 g/mol. The summed E-state index contributed by atoms with van der Waals surface area (Å²) in [5.41, 5.74) is 0.497. The van der Waals surface area contributed by atoms with Crippen molar-refractivity contribution in [2.75, 3.05) is 12.4 Å². The number of rotatable bonds is 6. The first-order valence-corrected chi connectivity index (χ1v) is 8.52. The summed E-state index contributed by atoms with van der Waals surface area (Å²) in [7, 11) is 1.54. The zero-order valence-electron chi connectivity index (χ0n) is 16.0. The Kier molecular flexibility index (Phi) is 6.61. The normalized spacial score (nSPS) is 11.5. The number of anilines is 1. The fourth-order valence-electron chi connectivity index (χ4n) is 2.50. The molecule has 28 heavy (non-hydrogen) atoms. The van der Waals surface area contributed by atoms with E-state index in [1.54, 1.807) is 30.3 Å². The molecule has 0 radical (unpaired) electrons. The number of amides is 1. The van der Waals surface area contributed by atoms with Crippen LogP contribution in [-0.2, 0) is 4.79 Å². The quantitative estimate of drug-likeness (QED) is 0.432. The van der Waals surface area contributed by atoms with Gasteiger partial charge in [0.25, 0.3) is 5.91 Å². The van der Waals surface area contributed by atoms with Crippen molar-refractivity contribution in [3.8, 4) is 28.7 Å². The Labute approximate surface area is 162 Å². The van der Waals surface area contributed by atoms with Crippen molar-refractivity contribution in [1.29, 1.82) is 5.26 Å². The molecule has 2 N–H and O–H groups in total. The molecular weight excluding hydrogens is 363 g/mol. The minimum absolute atomic E-state index is 0.165. The van der Waals surface area contributed by atoms with Crippen LogP contribution in [0.25, 0.3) is 11.1 Å². The Morgan fingerprint density at radius 3 is 2.57 bits per heavy atom. The van der Waals surface area contributed by atoms with Gasteiger partial charge in [0.2, 0.25) is 0 Å². The first kappa shape index (κ1) is 20.8. The number of nitrogens with one attached hydrogen (secondary N) is 1. The Morgan fingerprint density at radius 2 is 2.00 bits per heavy atom. The van der Waals surface area contributed by atoms with Gasteiger partial charge in [-0.05, 0) is 44.5 Å². The summed E-state index contributed by atoms with van der Waals surface area (Å²) in [4.78, 5) is 12.1. The maximum absolute atomic E-state index is 14.7. The average molecular weight is 384 g/mol. The lowest BCUT2D eigenvalue weighted by molar-refractivity contribution is -0.112. The summed E-state index contributed by atoms with van der Waals surface area (Å²) in [6.07, 6.45) is -0.201. The molecule has 0 heterocycles. The first-order valence-electron chi connectivity index (χ1n) is 8.52. The van der Waals surface area contributed by atoms with E-state index in [1.165, 1.54) is 26.2 Å². The number of carbonyl (C=O) groups excluding carboxylic acids is 1. The maximum Gasteiger partial charge on any atom is 0.269 e. The SMILES string of the molecule is COc1cccc(-c2cc(F)c(NC(=O)/C(C#N)=C(/C)O)cc2OC(C)C)c1. The molecule has 6 nitrogen and oxygen atoms in total. The Hall–Kier alpha value is -3.53. The fraction of sp³-hybridized carbons (Fsp3) is 0.238. The highest BCUT2D eigenvalue weighted by molar-refractivity contribution is 6.07. The van der Waals surface area contributed by atoms with E-state index in [0.29, 0.717) is 22.6 Å². The summed E-state index contributed by atoms with van der Waals surface area (Å²) >= 11 is 0.